The number of hydrogen-bond acceptors (Lipinski definition) is 3. The molecule has 0 radical (unpaired) electrons. The third kappa shape index (κ3) is 3.98. The number of aryl methyl sites for hydroxylation is 2. The molecule has 7 heteroatoms. The molecule has 3 amide bonds. The Bertz CT molecular complexity index is 1290. The number of halogens is 1. The lowest BCUT2D eigenvalue weighted by Gasteiger charge is -2.21. The molecule has 2 aliphatic rings. The fraction of sp³-hybridized carbons (Fsp3) is 0.192. The van der Waals surface area contributed by atoms with Crippen molar-refractivity contribution in [3.05, 3.63) is 94.8 Å². The van der Waals surface area contributed by atoms with Crippen molar-refractivity contribution >= 4 is 29.0 Å². The van der Waals surface area contributed by atoms with Crippen molar-refractivity contribution in [2.24, 2.45) is 4.99 Å². The molecule has 6 nitrogen and oxygen atoms in total. The third-order valence-electron chi connectivity index (χ3n) is 6.10. The normalized spacial score (nSPS) is 17.0. The van der Waals surface area contributed by atoms with Crippen LogP contribution in [0, 0.1) is 5.82 Å². The number of benzene rings is 3. The van der Waals surface area contributed by atoms with E-state index in [4.69, 9.17) is 0 Å². The second kappa shape index (κ2) is 8.50. The number of amides is 3. The van der Waals surface area contributed by atoms with Crippen molar-refractivity contribution in [3.63, 3.8) is 0 Å². The van der Waals surface area contributed by atoms with Crippen molar-refractivity contribution in [3.8, 4) is 0 Å². The van der Waals surface area contributed by atoms with Gasteiger partial charge in [-0.1, -0.05) is 36.4 Å². The summed E-state index contributed by atoms with van der Waals surface area (Å²) in [6.45, 7) is 0. The Labute approximate surface area is 191 Å². The SMILES string of the molecule is CN1C(=O)C(NC(=O)Nc2ccc3c(c2)CCC3)N=C(c2ccccc2F)c2ccccc21. The van der Waals surface area contributed by atoms with Crippen LogP contribution in [0.25, 0.3) is 0 Å². The van der Waals surface area contributed by atoms with Gasteiger partial charge in [0.05, 0.1) is 11.4 Å². The zero-order chi connectivity index (χ0) is 22.9. The van der Waals surface area contributed by atoms with Gasteiger partial charge >= 0.3 is 6.03 Å². The van der Waals surface area contributed by atoms with Crippen molar-refractivity contribution < 1.29 is 14.0 Å². The van der Waals surface area contributed by atoms with Gasteiger partial charge in [0.15, 0.2) is 0 Å². The summed E-state index contributed by atoms with van der Waals surface area (Å²) < 4.78 is 14.7. The predicted octanol–water partition coefficient (Wildman–Crippen LogP) is 4.28. The number of aliphatic imine (C=N–C) groups is 1. The zero-order valence-electron chi connectivity index (χ0n) is 18.1. The van der Waals surface area contributed by atoms with Crippen LogP contribution in [-0.4, -0.2) is 30.9 Å². The average Bonchev–Trinajstić information content (AvgIpc) is 3.26. The summed E-state index contributed by atoms with van der Waals surface area (Å²) in [4.78, 5) is 32.0. The molecule has 0 saturated heterocycles. The Balaban J connectivity index is 1.47. The van der Waals surface area contributed by atoms with Crippen molar-refractivity contribution in [2.75, 3.05) is 17.3 Å². The first-order valence-electron chi connectivity index (χ1n) is 10.9. The van der Waals surface area contributed by atoms with Gasteiger partial charge in [0, 0.05) is 23.9 Å². The summed E-state index contributed by atoms with van der Waals surface area (Å²) in [6, 6.07) is 18.7. The fourth-order valence-corrected chi connectivity index (χ4v) is 4.43. The highest BCUT2D eigenvalue weighted by atomic mass is 19.1. The summed E-state index contributed by atoms with van der Waals surface area (Å²) in [5.41, 5.74) is 4.97. The zero-order valence-corrected chi connectivity index (χ0v) is 18.1. The van der Waals surface area contributed by atoms with Crippen molar-refractivity contribution in [2.45, 2.75) is 25.4 Å². The summed E-state index contributed by atoms with van der Waals surface area (Å²) in [6.07, 6.45) is 1.94. The van der Waals surface area contributed by atoms with E-state index in [0.717, 1.165) is 19.3 Å². The van der Waals surface area contributed by atoms with E-state index in [1.165, 1.54) is 22.1 Å². The molecule has 1 heterocycles. The molecular formula is C26H23FN4O2. The Hall–Kier alpha value is -4.00. The van der Waals surface area contributed by atoms with Crippen LogP contribution in [0.1, 0.15) is 28.7 Å². The van der Waals surface area contributed by atoms with Gasteiger partial charge in [-0.05, 0) is 60.7 Å². The number of benzodiazepines with no additional fused rings is 1. The minimum absolute atomic E-state index is 0.263. The topological polar surface area (TPSA) is 73.8 Å². The van der Waals surface area contributed by atoms with Gasteiger partial charge < -0.3 is 15.5 Å². The number of nitrogens with one attached hydrogen (secondary N) is 2. The number of urea groups is 1. The molecule has 33 heavy (non-hydrogen) atoms. The molecule has 1 aliphatic carbocycles. The maximum atomic E-state index is 14.7. The van der Waals surface area contributed by atoms with Gasteiger partial charge in [-0.3, -0.25) is 4.79 Å². The minimum atomic E-state index is -1.22. The maximum Gasteiger partial charge on any atom is 0.321 e. The van der Waals surface area contributed by atoms with Crippen LogP contribution in [0.5, 0.6) is 0 Å². The van der Waals surface area contributed by atoms with Gasteiger partial charge in [-0.15, -0.1) is 0 Å². The van der Waals surface area contributed by atoms with Gasteiger partial charge in [0.2, 0.25) is 6.17 Å². The molecule has 2 N–H and O–H groups in total. The molecular weight excluding hydrogens is 419 g/mol. The molecule has 0 bridgehead atoms. The predicted molar refractivity (Wildman–Crippen MR) is 126 cm³/mol. The van der Waals surface area contributed by atoms with E-state index in [1.807, 2.05) is 24.3 Å². The highest BCUT2D eigenvalue weighted by Gasteiger charge is 2.31. The number of anilines is 2. The van der Waals surface area contributed by atoms with Crippen LogP contribution in [0.3, 0.4) is 0 Å². The number of fused-ring (bicyclic) bond motifs is 2. The molecule has 3 aromatic rings. The van der Waals surface area contributed by atoms with Gasteiger partial charge in [-0.2, -0.15) is 0 Å². The monoisotopic (exact) mass is 442 g/mol. The Morgan fingerprint density at radius 3 is 2.55 bits per heavy atom. The molecule has 1 aliphatic heterocycles. The molecule has 166 valence electrons. The highest BCUT2D eigenvalue weighted by Crippen LogP contribution is 2.28. The van der Waals surface area contributed by atoms with E-state index in [1.54, 1.807) is 43.4 Å². The molecule has 0 spiro atoms. The number of rotatable bonds is 3. The van der Waals surface area contributed by atoms with Crippen molar-refractivity contribution in [1.29, 1.82) is 0 Å². The summed E-state index contributed by atoms with van der Waals surface area (Å²) >= 11 is 0. The van der Waals surface area contributed by atoms with Crippen LogP contribution in [-0.2, 0) is 17.6 Å². The second-order valence-corrected chi connectivity index (χ2v) is 8.21. The van der Waals surface area contributed by atoms with Crippen LogP contribution in [0.15, 0.2) is 71.7 Å². The summed E-state index contributed by atoms with van der Waals surface area (Å²) in [5.74, 6) is -0.873. The van der Waals surface area contributed by atoms with E-state index in [-0.39, 0.29) is 5.56 Å². The molecule has 0 fully saturated rings. The second-order valence-electron chi connectivity index (χ2n) is 8.21. The van der Waals surface area contributed by atoms with Gasteiger partial charge in [0.25, 0.3) is 5.91 Å². The largest absolute Gasteiger partial charge is 0.321 e. The molecule has 1 unspecified atom stereocenters. The number of carbonyl (C=O) groups excluding carboxylic acids is 2. The quantitative estimate of drug-likeness (QED) is 0.636. The van der Waals surface area contributed by atoms with Crippen molar-refractivity contribution in [1.82, 2.24) is 5.32 Å². The smallest absolute Gasteiger partial charge is 0.311 e. The number of likely N-dealkylation sites (N-methyl/N-ethyl adjacent to an activating group) is 1. The molecule has 1 atom stereocenters. The van der Waals surface area contributed by atoms with E-state index in [2.05, 4.69) is 15.6 Å². The third-order valence-corrected chi connectivity index (χ3v) is 6.10. The number of para-hydroxylation sites is 1. The Kier molecular flexibility index (Phi) is 5.38. The molecule has 0 aromatic heterocycles. The summed E-state index contributed by atoms with van der Waals surface area (Å²) in [7, 11) is 1.62. The Morgan fingerprint density at radius 2 is 1.73 bits per heavy atom. The Morgan fingerprint density at radius 1 is 1.00 bits per heavy atom. The van der Waals surface area contributed by atoms with Gasteiger partial charge in [0.1, 0.15) is 5.82 Å². The lowest BCUT2D eigenvalue weighted by molar-refractivity contribution is -0.119. The number of nitrogens with zero attached hydrogens (tertiary/aromatic N) is 2. The van der Waals surface area contributed by atoms with E-state index < -0.39 is 23.9 Å². The first-order valence-corrected chi connectivity index (χ1v) is 10.9. The molecule has 0 saturated carbocycles. The van der Waals surface area contributed by atoms with E-state index >= 15 is 0 Å². The van der Waals surface area contributed by atoms with E-state index in [0.29, 0.717) is 22.6 Å². The molecule has 5 rings (SSSR count). The number of hydrogen-bond donors (Lipinski definition) is 2. The minimum Gasteiger partial charge on any atom is -0.311 e. The average molecular weight is 442 g/mol. The molecule has 3 aromatic carbocycles. The van der Waals surface area contributed by atoms with Gasteiger partial charge in [-0.25, -0.2) is 14.2 Å². The van der Waals surface area contributed by atoms with Crippen LogP contribution in [0.4, 0.5) is 20.6 Å². The van der Waals surface area contributed by atoms with E-state index in [9.17, 15) is 14.0 Å². The highest BCUT2D eigenvalue weighted by molar-refractivity contribution is 6.20. The lowest BCUT2D eigenvalue weighted by Crippen LogP contribution is -2.47. The van der Waals surface area contributed by atoms with Crippen LogP contribution < -0.4 is 15.5 Å². The maximum absolute atomic E-state index is 14.7. The van der Waals surface area contributed by atoms with Crippen LogP contribution in [0.2, 0.25) is 0 Å². The standard InChI is InChI=1S/C26H23FN4O2/c1-31-22-12-5-3-10-20(22)23(19-9-2-4-11-21(19)27)29-24(25(31)32)30-26(33)28-18-14-13-16-7-6-8-17(16)15-18/h2-5,9-15,24H,6-8H2,1H3,(H2,28,30,33). The first kappa shape index (κ1) is 20.9. The first-order chi connectivity index (χ1) is 16.0. The number of carbonyl (C=O) groups is 2. The lowest BCUT2D eigenvalue weighted by atomic mass is 10.00. The fourth-order valence-electron chi connectivity index (χ4n) is 4.43. The van der Waals surface area contributed by atoms with Crippen LogP contribution >= 0.6 is 0 Å². The summed E-state index contributed by atoms with van der Waals surface area (Å²) in [5, 5.41) is 5.46.